The summed E-state index contributed by atoms with van der Waals surface area (Å²) in [6.45, 7) is 8.58. The second-order valence-corrected chi connectivity index (χ2v) is 13.2. The molecule has 1 aliphatic carbocycles. The molecule has 9 heteroatoms. The number of carbonyl (C=O) groups excluding carboxylic acids is 1. The number of tetrazole rings is 1. The molecule has 46 heavy (non-hydrogen) atoms. The topological polar surface area (TPSA) is 102 Å². The van der Waals surface area contributed by atoms with Gasteiger partial charge in [0.15, 0.2) is 0 Å². The maximum atomic E-state index is 14.4. The minimum absolute atomic E-state index is 0.0248. The van der Waals surface area contributed by atoms with Gasteiger partial charge >= 0.3 is 0 Å². The Morgan fingerprint density at radius 3 is 2.37 bits per heavy atom. The molecular weight excluding hydrogens is 574 g/mol. The third kappa shape index (κ3) is 5.96. The first-order chi connectivity index (χ1) is 22.5. The van der Waals surface area contributed by atoms with E-state index in [2.05, 4.69) is 76.4 Å². The molecule has 1 saturated carbocycles. The zero-order valence-electron chi connectivity index (χ0n) is 27.8. The highest BCUT2D eigenvalue weighted by atomic mass is 16.2. The lowest BCUT2D eigenvalue weighted by molar-refractivity contribution is -0.149. The van der Waals surface area contributed by atoms with E-state index in [0.717, 1.165) is 117 Å². The van der Waals surface area contributed by atoms with Crippen molar-refractivity contribution in [1.29, 1.82) is 0 Å². The Morgan fingerprint density at radius 2 is 1.70 bits per heavy atom. The first-order valence-electron chi connectivity index (χ1n) is 17.6. The van der Waals surface area contributed by atoms with E-state index < -0.39 is 5.41 Å². The van der Waals surface area contributed by atoms with Crippen LogP contribution in [0.3, 0.4) is 0 Å². The van der Waals surface area contributed by atoms with Crippen LogP contribution in [0.15, 0.2) is 53.3 Å². The Bertz CT molecular complexity index is 1660. The van der Waals surface area contributed by atoms with E-state index in [1.807, 2.05) is 27.8 Å². The molecule has 9 nitrogen and oxygen atoms in total. The molecule has 0 bridgehead atoms. The predicted octanol–water partition coefficient (Wildman–Crippen LogP) is 6.97. The predicted molar refractivity (Wildman–Crippen MR) is 181 cm³/mol. The van der Waals surface area contributed by atoms with Crippen molar-refractivity contribution in [2.24, 2.45) is 5.41 Å². The van der Waals surface area contributed by atoms with Crippen molar-refractivity contribution in [2.45, 2.75) is 110 Å². The van der Waals surface area contributed by atoms with Crippen molar-refractivity contribution in [3.63, 3.8) is 0 Å². The first kappa shape index (κ1) is 32.0. The second-order valence-electron chi connectivity index (χ2n) is 13.2. The number of rotatable bonds is 12. The highest BCUT2D eigenvalue weighted by Gasteiger charge is 2.50. The summed E-state index contributed by atoms with van der Waals surface area (Å²) in [5.74, 6) is 0.864. The third-order valence-electron chi connectivity index (χ3n) is 10.6. The quantitative estimate of drug-likeness (QED) is 0.172. The molecule has 2 aliphatic rings. The third-order valence-corrected chi connectivity index (χ3v) is 10.6. The molecule has 0 saturated heterocycles. The van der Waals surface area contributed by atoms with Crippen LogP contribution in [0.2, 0.25) is 0 Å². The fourth-order valence-electron chi connectivity index (χ4n) is 8.19. The number of amides is 1. The van der Waals surface area contributed by atoms with Crippen LogP contribution in [0.5, 0.6) is 0 Å². The second kappa shape index (κ2) is 14.2. The number of benzene rings is 2. The van der Waals surface area contributed by atoms with Gasteiger partial charge in [0.05, 0.1) is 11.5 Å². The highest BCUT2D eigenvalue weighted by molar-refractivity contribution is 5.83. The Labute approximate surface area is 272 Å². The molecule has 1 N–H and O–H groups in total. The minimum atomic E-state index is -0.442. The number of carbonyl (C=O) groups is 1. The fourth-order valence-corrected chi connectivity index (χ4v) is 8.19. The summed E-state index contributed by atoms with van der Waals surface area (Å²) in [4.78, 5) is 30.8. The maximum Gasteiger partial charge on any atom is 0.270 e. The molecule has 1 unspecified atom stereocenters. The minimum Gasteiger partial charge on any atom is -0.343 e. The van der Waals surface area contributed by atoms with Crippen molar-refractivity contribution >= 4 is 5.91 Å². The zero-order valence-corrected chi connectivity index (χ0v) is 27.8. The normalized spacial score (nSPS) is 17.5. The highest BCUT2D eigenvalue weighted by Crippen LogP contribution is 2.50. The largest absolute Gasteiger partial charge is 0.343 e. The molecule has 1 fully saturated rings. The van der Waals surface area contributed by atoms with Gasteiger partial charge in [-0.1, -0.05) is 87.6 Å². The number of nitrogens with zero attached hydrogens (tertiary/aromatic N) is 6. The van der Waals surface area contributed by atoms with E-state index in [0.29, 0.717) is 18.2 Å². The van der Waals surface area contributed by atoms with Gasteiger partial charge in [0.25, 0.3) is 5.56 Å². The van der Waals surface area contributed by atoms with Crippen molar-refractivity contribution in [3.8, 4) is 22.5 Å². The number of aromatic nitrogens is 6. The number of fused-ring (bicyclic) bond motifs is 1. The van der Waals surface area contributed by atoms with Gasteiger partial charge in [-0.2, -0.15) is 5.21 Å². The van der Waals surface area contributed by atoms with Crippen LogP contribution in [0.1, 0.15) is 108 Å². The Balaban J connectivity index is 1.38. The SMILES string of the molecule is CCCCCc1c(Cc2ccc(-c3ccccc3-c3nn[nH]n3)cc2)c(=O)n2n1C(C1(C(=O)N(CC)CC)CCCCC1)CCC2. The Kier molecular flexibility index (Phi) is 9.85. The maximum absolute atomic E-state index is 14.4. The van der Waals surface area contributed by atoms with Crippen LogP contribution in [0, 0.1) is 5.41 Å². The van der Waals surface area contributed by atoms with Gasteiger partial charge in [-0.15, -0.1) is 10.2 Å². The fraction of sp³-hybridized carbons (Fsp3) is 0.541. The van der Waals surface area contributed by atoms with Crippen LogP contribution < -0.4 is 5.56 Å². The monoisotopic (exact) mass is 623 g/mol. The summed E-state index contributed by atoms with van der Waals surface area (Å²) in [5.41, 5.74) is 5.88. The lowest BCUT2D eigenvalue weighted by Gasteiger charge is -2.47. The van der Waals surface area contributed by atoms with E-state index in [1.165, 1.54) is 6.42 Å². The molecule has 1 amide bonds. The van der Waals surface area contributed by atoms with Gasteiger partial charge < -0.3 is 4.90 Å². The van der Waals surface area contributed by atoms with Crippen molar-refractivity contribution in [2.75, 3.05) is 13.1 Å². The number of nitrogens with one attached hydrogen (secondary N) is 1. The van der Waals surface area contributed by atoms with Crippen molar-refractivity contribution < 1.29 is 4.79 Å². The molecule has 2 aromatic carbocycles. The summed E-state index contributed by atoms with van der Waals surface area (Å²) < 4.78 is 4.38. The number of hydrogen-bond donors (Lipinski definition) is 1. The number of hydrogen-bond acceptors (Lipinski definition) is 5. The number of aromatic amines is 1. The van der Waals surface area contributed by atoms with Crippen molar-refractivity contribution in [3.05, 3.63) is 75.7 Å². The van der Waals surface area contributed by atoms with Gasteiger partial charge in [-0.3, -0.25) is 14.3 Å². The van der Waals surface area contributed by atoms with Crippen LogP contribution in [-0.4, -0.2) is 53.9 Å². The molecule has 0 spiro atoms. The Hall–Kier alpha value is -4.01. The van der Waals surface area contributed by atoms with Gasteiger partial charge in [0, 0.05) is 42.9 Å². The van der Waals surface area contributed by atoms with E-state index in [-0.39, 0.29) is 11.6 Å². The molecule has 0 radical (unpaired) electrons. The summed E-state index contributed by atoms with van der Waals surface area (Å²) in [5, 5.41) is 14.7. The molecule has 244 valence electrons. The summed E-state index contributed by atoms with van der Waals surface area (Å²) in [6, 6.07) is 16.6. The van der Waals surface area contributed by atoms with Crippen LogP contribution >= 0.6 is 0 Å². The molecule has 1 aliphatic heterocycles. The Morgan fingerprint density at radius 1 is 0.957 bits per heavy atom. The summed E-state index contributed by atoms with van der Waals surface area (Å²) >= 11 is 0. The van der Waals surface area contributed by atoms with Gasteiger partial charge in [-0.05, 0) is 74.3 Å². The van der Waals surface area contributed by atoms with Crippen LogP contribution in [-0.2, 0) is 24.2 Å². The zero-order chi connectivity index (χ0) is 32.1. The molecule has 6 rings (SSSR count). The lowest BCUT2D eigenvalue weighted by atomic mass is 9.66. The van der Waals surface area contributed by atoms with E-state index in [1.54, 1.807) is 0 Å². The average Bonchev–Trinajstić information content (AvgIpc) is 3.73. The average molecular weight is 624 g/mol. The van der Waals surface area contributed by atoms with E-state index in [4.69, 9.17) is 0 Å². The van der Waals surface area contributed by atoms with Crippen molar-refractivity contribution in [1.82, 2.24) is 34.9 Å². The van der Waals surface area contributed by atoms with E-state index >= 15 is 0 Å². The van der Waals surface area contributed by atoms with Gasteiger partial charge in [0.1, 0.15) is 0 Å². The molecule has 1 atom stereocenters. The smallest absolute Gasteiger partial charge is 0.270 e. The molecule has 2 aromatic heterocycles. The van der Waals surface area contributed by atoms with Gasteiger partial charge in [-0.25, -0.2) is 4.68 Å². The van der Waals surface area contributed by atoms with Crippen LogP contribution in [0.25, 0.3) is 22.5 Å². The molecule has 3 heterocycles. The lowest BCUT2D eigenvalue weighted by Crippen LogP contribution is -2.52. The summed E-state index contributed by atoms with van der Waals surface area (Å²) in [6.07, 6.45) is 11.8. The molecule has 4 aromatic rings. The molecular formula is C37H49N7O2. The summed E-state index contributed by atoms with van der Waals surface area (Å²) in [7, 11) is 0. The standard InChI is InChI=1S/C37H49N7O2/c1-4-7-9-17-32-31(26-27-19-21-28(22-20-27)29-15-10-11-16-30(29)34-38-40-41-39-34)35(45)43-25-14-18-33(44(32)43)37(23-12-8-13-24-37)36(46)42(5-2)6-3/h10-11,15-16,19-22,33H,4-9,12-14,17-18,23-26H2,1-3H3,(H,38,39,40,41). The van der Waals surface area contributed by atoms with Crippen LogP contribution in [0.4, 0.5) is 0 Å². The van der Waals surface area contributed by atoms with Gasteiger partial charge in [0.2, 0.25) is 11.7 Å². The number of unbranched alkanes of at least 4 members (excludes halogenated alkanes) is 2. The number of H-pyrrole nitrogens is 1. The van der Waals surface area contributed by atoms with E-state index in [9.17, 15) is 9.59 Å². The first-order valence-corrected chi connectivity index (χ1v) is 17.6.